The molecule has 0 radical (unpaired) electrons. The molecule has 0 atom stereocenters. The largest absolute Gasteiger partial charge is 0.264 e. The average Bonchev–Trinajstić information content (AvgIpc) is 2.74. The third-order valence-electron chi connectivity index (χ3n) is 4.47. The molecule has 2 aromatic carbocycles. The number of benzene rings is 2. The molecule has 0 unspecified atom stereocenters. The number of pyridine rings is 1. The van der Waals surface area contributed by atoms with Crippen LogP contribution in [0.15, 0.2) is 78.0 Å². The van der Waals surface area contributed by atoms with Crippen LogP contribution in [0.25, 0.3) is 0 Å². The smallest absolute Gasteiger partial charge is 0.243 e. The molecule has 0 amide bonds. The summed E-state index contributed by atoms with van der Waals surface area (Å²) < 4.78 is 28.1. The van der Waals surface area contributed by atoms with E-state index in [1.807, 2.05) is 36.4 Å². The average molecular weight is 391 g/mol. The Morgan fingerprint density at radius 3 is 2.32 bits per heavy atom. The van der Waals surface area contributed by atoms with Crippen molar-refractivity contribution in [2.75, 3.05) is 0 Å². The zero-order valence-electron chi connectivity index (χ0n) is 15.6. The minimum absolute atomic E-state index is 0.112. The summed E-state index contributed by atoms with van der Waals surface area (Å²) in [7, 11) is -3.79. The van der Waals surface area contributed by atoms with E-state index in [9.17, 15) is 8.42 Å². The number of nitriles is 1. The molecular weight excluding hydrogens is 370 g/mol. The first kappa shape index (κ1) is 19.7. The fourth-order valence-electron chi connectivity index (χ4n) is 2.88. The van der Waals surface area contributed by atoms with E-state index in [2.05, 4.69) is 11.9 Å². The van der Waals surface area contributed by atoms with Crippen molar-refractivity contribution in [3.63, 3.8) is 0 Å². The SMILES string of the molecule is CCc1ccc(CN(Cc2cccnc2)S(=O)(=O)c2cccc(C#N)c2)cc1. The molecule has 0 bridgehead atoms. The van der Waals surface area contributed by atoms with Gasteiger partial charge in [-0.3, -0.25) is 4.98 Å². The Morgan fingerprint density at radius 1 is 0.964 bits per heavy atom. The van der Waals surface area contributed by atoms with Gasteiger partial charge in [0.2, 0.25) is 10.0 Å². The zero-order valence-corrected chi connectivity index (χ0v) is 16.4. The highest BCUT2D eigenvalue weighted by Crippen LogP contribution is 2.22. The lowest BCUT2D eigenvalue weighted by Gasteiger charge is -2.22. The number of rotatable bonds is 7. The van der Waals surface area contributed by atoms with Crippen LogP contribution in [0.4, 0.5) is 0 Å². The van der Waals surface area contributed by atoms with Crippen LogP contribution in [0.5, 0.6) is 0 Å². The highest BCUT2D eigenvalue weighted by molar-refractivity contribution is 7.89. The Kier molecular flexibility index (Phi) is 6.19. The summed E-state index contributed by atoms with van der Waals surface area (Å²) in [6, 6.07) is 19.7. The van der Waals surface area contributed by atoms with Gasteiger partial charge in [0.05, 0.1) is 16.5 Å². The number of sulfonamides is 1. The van der Waals surface area contributed by atoms with Crippen LogP contribution in [0, 0.1) is 11.3 Å². The molecule has 5 nitrogen and oxygen atoms in total. The van der Waals surface area contributed by atoms with Crippen LogP contribution in [-0.4, -0.2) is 17.7 Å². The Labute approximate surface area is 166 Å². The molecule has 0 saturated heterocycles. The van der Waals surface area contributed by atoms with E-state index in [0.717, 1.165) is 17.5 Å². The Balaban J connectivity index is 1.97. The van der Waals surface area contributed by atoms with Crippen molar-refractivity contribution >= 4 is 10.0 Å². The summed E-state index contributed by atoms with van der Waals surface area (Å²) >= 11 is 0. The van der Waals surface area contributed by atoms with Crippen molar-refractivity contribution in [2.45, 2.75) is 31.3 Å². The van der Waals surface area contributed by atoms with E-state index in [0.29, 0.717) is 5.56 Å². The second-order valence-corrected chi connectivity index (χ2v) is 8.38. The fraction of sp³-hybridized carbons (Fsp3) is 0.182. The lowest BCUT2D eigenvalue weighted by molar-refractivity contribution is 0.400. The molecule has 0 fully saturated rings. The molecule has 0 saturated carbocycles. The summed E-state index contributed by atoms with van der Waals surface area (Å²) in [5, 5.41) is 9.12. The van der Waals surface area contributed by atoms with Gasteiger partial charge in [-0.05, 0) is 47.4 Å². The fourth-order valence-corrected chi connectivity index (χ4v) is 4.34. The molecule has 0 aliphatic carbocycles. The molecule has 0 spiro atoms. The van der Waals surface area contributed by atoms with Gasteiger partial charge >= 0.3 is 0 Å². The van der Waals surface area contributed by atoms with Gasteiger partial charge in [0.25, 0.3) is 0 Å². The van der Waals surface area contributed by atoms with Crippen molar-refractivity contribution < 1.29 is 8.42 Å². The van der Waals surface area contributed by atoms with E-state index >= 15 is 0 Å². The first-order valence-corrected chi connectivity index (χ1v) is 10.4. The molecule has 3 aromatic rings. The van der Waals surface area contributed by atoms with Gasteiger partial charge in [-0.15, -0.1) is 0 Å². The Bertz CT molecular complexity index is 1070. The third kappa shape index (κ3) is 4.63. The predicted octanol–water partition coefficient (Wildman–Crippen LogP) is 3.91. The topological polar surface area (TPSA) is 74.1 Å². The molecule has 0 aliphatic heterocycles. The highest BCUT2D eigenvalue weighted by Gasteiger charge is 2.25. The zero-order chi connectivity index (χ0) is 20.0. The first-order chi connectivity index (χ1) is 13.5. The van der Waals surface area contributed by atoms with Crippen molar-refractivity contribution in [3.8, 4) is 6.07 Å². The number of nitrogens with zero attached hydrogens (tertiary/aromatic N) is 3. The quantitative estimate of drug-likeness (QED) is 0.612. The van der Waals surface area contributed by atoms with Crippen LogP contribution >= 0.6 is 0 Å². The van der Waals surface area contributed by atoms with E-state index in [-0.39, 0.29) is 18.0 Å². The second kappa shape index (κ2) is 8.79. The molecule has 0 aliphatic rings. The number of aryl methyl sites for hydroxylation is 1. The molecule has 28 heavy (non-hydrogen) atoms. The van der Waals surface area contributed by atoms with Gasteiger partial charge in [-0.2, -0.15) is 9.57 Å². The summed E-state index contributed by atoms with van der Waals surface area (Å²) in [5.41, 5.74) is 3.22. The molecular formula is C22H21N3O2S. The third-order valence-corrected chi connectivity index (χ3v) is 6.26. The lowest BCUT2D eigenvalue weighted by Crippen LogP contribution is -2.30. The van der Waals surface area contributed by atoms with E-state index < -0.39 is 10.0 Å². The number of hydrogen-bond donors (Lipinski definition) is 0. The molecule has 142 valence electrons. The van der Waals surface area contributed by atoms with Gasteiger partial charge in [-0.25, -0.2) is 8.42 Å². The summed E-state index contributed by atoms with van der Waals surface area (Å²) in [6.45, 7) is 2.51. The van der Waals surface area contributed by atoms with Crippen molar-refractivity contribution in [1.29, 1.82) is 5.26 Å². The minimum Gasteiger partial charge on any atom is -0.264 e. The van der Waals surface area contributed by atoms with Crippen molar-refractivity contribution in [2.24, 2.45) is 0 Å². The Hall–Kier alpha value is -3.01. The highest BCUT2D eigenvalue weighted by atomic mass is 32.2. The standard InChI is InChI=1S/C22H21N3O2S/c1-2-18-8-10-19(11-9-18)16-25(17-21-6-4-12-24-15-21)28(26,27)22-7-3-5-20(13-22)14-23/h3-13,15H,2,16-17H2,1H3. The van der Waals surface area contributed by atoms with Gasteiger partial charge in [0.15, 0.2) is 0 Å². The summed E-state index contributed by atoms with van der Waals surface area (Å²) in [5.74, 6) is 0. The van der Waals surface area contributed by atoms with Gasteiger partial charge in [-0.1, -0.05) is 43.3 Å². The van der Waals surface area contributed by atoms with Crippen LogP contribution in [0.1, 0.15) is 29.2 Å². The molecule has 1 heterocycles. The van der Waals surface area contributed by atoms with Crippen LogP contribution in [-0.2, 0) is 29.5 Å². The van der Waals surface area contributed by atoms with Gasteiger partial charge in [0, 0.05) is 25.5 Å². The van der Waals surface area contributed by atoms with E-state index in [4.69, 9.17) is 5.26 Å². The lowest BCUT2D eigenvalue weighted by atomic mass is 10.1. The maximum absolute atomic E-state index is 13.3. The maximum atomic E-state index is 13.3. The maximum Gasteiger partial charge on any atom is 0.243 e. The van der Waals surface area contributed by atoms with E-state index in [1.165, 1.54) is 22.0 Å². The van der Waals surface area contributed by atoms with Gasteiger partial charge in [0.1, 0.15) is 0 Å². The number of aromatic nitrogens is 1. The van der Waals surface area contributed by atoms with Gasteiger partial charge < -0.3 is 0 Å². The molecule has 3 rings (SSSR count). The summed E-state index contributed by atoms with van der Waals surface area (Å²) in [6.07, 6.45) is 4.25. The van der Waals surface area contributed by atoms with Crippen LogP contribution < -0.4 is 0 Å². The minimum atomic E-state index is -3.79. The summed E-state index contributed by atoms with van der Waals surface area (Å²) in [4.78, 5) is 4.20. The normalized spacial score (nSPS) is 11.3. The Morgan fingerprint density at radius 2 is 1.68 bits per heavy atom. The van der Waals surface area contributed by atoms with Crippen LogP contribution in [0.2, 0.25) is 0 Å². The first-order valence-electron chi connectivity index (χ1n) is 9.00. The molecule has 1 aromatic heterocycles. The molecule has 0 N–H and O–H groups in total. The van der Waals surface area contributed by atoms with Crippen LogP contribution in [0.3, 0.4) is 0 Å². The number of hydrogen-bond acceptors (Lipinski definition) is 4. The van der Waals surface area contributed by atoms with E-state index in [1.54, 1.807) is 30.6 Å². The van der Waals surface area contributed by atoms with Crippen molar-refractivity contribution in [3.05, 3.63) is 95.3 Å². The predicted molar refractivity (Wildman–Crippen MR) is 108 cm³/mol. The monoisotopic (exact) mass is 391 g/mol. The second-order valence-electron chi connectivity index (χ2n) is 6.44. The molecule has 6 heteroatoms. The van der Waals surface area contributed by atoms with Crippen molar-refractivity contribution in [1.82, 2.24) is 9.29 Å².